The lowest BCUT2D eigenvalue weighted by Gasteiger charge is -2.41. The number of hydrogen-bond donors (Lipinski definition) is 2. The highest BCUT2D eigenvalue weighted by Gasteiger charge is 2.37. The molecule has 1 saturated heterocycles. The number of rotatable bonds is 5. The van der Waals surface area contributed by atoms with Crippen molar-refractivity contribution in [3.05, 3.63) is 41.6 Å². The van der Waals surface area contributed by atoms with Gasteiger partial charge >= 0.3 is 0 Å². The van der Waals surface area contributed by atoms with Crippen molar-refractivity contribution in [1.82, 2.24) is 14.9 Å². The highest BCUT2D eigenvalue weighted by Crippen LogP contribution is 2.34. The first kappa shape index (κ1) is 21.1. The number of benzene rings is 1. The topological polar surface area (TPSA) is 90.5 Å². The minimum atomic E-state index is -0.272. The first-order chi connectivity index (χ1) is 14.8. The maximum atomic E-state index is 12.8. The second kappa shape index (κ2) is 8.17. The summed E-state index contributed by atoms with van der Waals surface area (Å²) >= 11 is 0. The zero-order chi connectivity index (χ0) is 22.3. The monoisotopic (exact) mass is 422 g/mol. The van der Waals surface area contributed by atoms with Gasteiger partial charge in [0, 0.05) is 20.1 Å². The lowest BCUT2D eigenvalue weighted by Crippen LogP contribution is -2.58. The van der Waals surface area contributed by atoms with E-state index in [9.17, 15) is 9.59 Å². The van der Waals surface area contributed by atoms with Gasteiger partial charge in [-0.2, -0.15) is 4.98 Å². The van der Waals surface area contributed by atoms with Crippen molar-refractivity contribution in [2.24, 2.45) is 5.92 Å². The van der Waals surface area contributed by atoms with Crippen molar-refractivity contribution in [2.75, 3.05) is 35.7 Å². The van der Waals surface area contributed by atoms with Crippen LogP contribution in [0.25, 0.3) is 0 Å². The van der Waals surface area contributed by atoms with Crippen LogP contribution in [0, 0.1) is 12.8 Å². The van der Waals surface area contributed by atoms with E-state index in [0.717, 1.165) is 17.1 Å². The molecule has 8 nitrogen and oxygen atoms in total. The molecule has 2 aliphatic heterocycles. The molecule has 1 fully saturated rings. The number of anilines is 3. The molecule has 31 heavy (non-hydrogen) atoms. The van der Waals surface area contributed by atoms with E-state index in [-0.39, 0.29) is 35.7 Å². The Bertz CT molecular complexity index is 987. The van der Waals surface area contributed by atoms with Crippen LogP contribution in [0.2, 0.25) is 0 Å². The maximum Gasteiger partial charge on any atom is 0.247 e. The predicted molar refractivity (Wildman–Crippen MR) is 121 cm³/mol. The van der Waals surface area contributed by atoms with E-state index in [1.807, 2.05) is 74.9 Å². The molecule has 8 heteroatoms. The minimum Gasteiger partial charge on any atom is -0.348 e. The van der Waals surface area contributed by atoms with Gasteiger partial charge in [-0.3, -0.25) is 9.59 Å². The van der Waals surface area contributed by atoms with Crippen LogP contribution in [0.4, 0.5) is 17.5 Å². The molecular weight excluding hydrogens is 392 g/mol. The number of aromatic nitrogens is 2. The van der Waals surface area contributed by atoms with Crippen molar-refractivity contribution in [3.8, 4) is 0 Å². The van der Waals surface area contributed by atoms with Gasteiger partial charge < -0.3 is 20.4 Å². The second-order valence-electron chi connectivity index (χ2n) is 8.84. The maximum absolute atomic E-state index is 12.8. The smallest absolute Gasteiger partial charge is 0.247 e. The lowest BCUT2D eigenvalue weighted by atomic mass is 9.97. The minimum absolute atomic E-state index is 0.0295. The Morgan fingerprint density at radius 2 is 1.84 bits per heavy atom. The fourth-order valence-corrected chi connectivity index (χ4v) is 4.37. The molecule has 3 heterocycles. The summed E-state index contributed by atoms with van der Waals surface area (Å²) in [7, 11) is 1.90. The third-order valence-electron chi connectivity index (χ3n) is 6.17. The molecule has 2 aliphatic rings. The molecule has 1 aromatic carbocycles. The summed E-state index contributed by atoms with van der Waals surface area (Å²) in [6.45, 7) is 9.11. The van der Waals surface area contributed by atoms with E-state index in [2.05, 4.69) is 20.6 Å². The van der Waals surface area contributed by atoms with Crippen LogP contribution >= 0.6 is 0 Å². The standard InChI is InChI=1S/C23H30N6O2/c1-13(2)19-21(30)26-18-15(4)24-23(27-20(18)28(19)5)25-17-11-29(12-17)22(31)14(3)16-9-7-6-8-10-16/h6-10,13-14,17,19H,11-12H2,1-5H3,(H,26,30)(H,24,25,27)/t14?,19-/m0/s1. The molecule has 0 radical (unpaired) electrons. The Balaban J connectivity index is 1.42. The summed E-state index contributed by atoms with van der Waals surface area (Å²) in [6.07, 6.45) is 0. The first-order valence-corrected chi connectivity index (χ1v) is 10.8. The molecule has 0 bridgehead atoms. The van der Waals surface area contributed by atoms with Crippen molar-refractivity contribution < 1.29 is 9.59 Å². The molecule has 164 valence electrons. The van der Waals surface area contributed by atoms with Crippen molar-refractivity contribution >= 4 is 29.3 Å². The highest BCUT2D eigenvalue weighted by atomic mass is 16.2. The molecule has 0 saturated carbocycles. The fraction of sp³-hybridized carbons (Fsp3) is 0.478. The van der Waals surface area contributed by atoms with Crippen LogP contribution in [-0.2, 0) is 9.59 Å². The molecule has 2 atom stereocenters. The third-order valence-corrected chi connectivity index (χ3v) is 6.17. The molecule has 0 spiro atoms. The van der Waals surface area contributed by atoms with Crippen LogP contribution in [-0.4, -0.2) is 58.9 Å². The van der Waals surface area contributed by atoms with Gasteiger partial charge in [0.1, 0.15) is 11.7 Å². The van der Waals surface area contributed by atoms with E-state index in [0.29, 0.717) is 24.7 Å². The Morgan fingerprint density at radius 3 is 2.48 bits per heavy atom. The van der Waals surface area contributed by atoms with Crippen LogP contribution < -0.4 is 15.5 Å². The average Bonchev–Trinajstić information content (AvgIpc) is 2.70. The van der Waals surface area contributed by atoms with Gasteiger partial charge in [0.05, 0.1) is 17.7 Å². The number of likely N-dealkylation sites (tertiary alicyclic amines) is 1. The Hall–Kier alpha value is -3.16. The quantitative estimate of drug-likeness (QED) is 0.770. The normalized spacial score (nSPS) is 19.5. The summed E-state index contributed by atoms with van der Waals surface area (Å²) in [6, 6.07) is 9.68. The number of carbonyl (C=O) groups excluding carboxylic acids is 2. The van der Waals surface area contributed by atoms with Crippen LogP contribution in [0.15, 0.2) is 30.3 Å². The van der Waals surface area contributed by atoms with Gasteiger partial charge in [0.2, 0.25) is 17.8 Å². The number of nitrogens with one attached hydrogen (secondary N) is 2. The molecule has 2 amide bonds. The van der Waals surface area contributed by atoms with Crippen LogP contribution in [0.3, 0.4) is 0 Å². The summed E-state index contributed by atoms with van der Waals surface area (Å²) < 4.78 is 0. The fourth-order valence-electron chi connectivity index (χ4n) is 4.37. The van der Waals surface area contributed by atoms with E-state index < -0.39 is 0 Å². The van der Waals surface area contributed by atoms with E-state index in [1.165, 1.54) is 0 Å². The number of likely N-dealkylation sites (N-methyl/N-ethyl adjacent to an activating group) is 1. The van der Waals surface area contributed by atoms with E-state index in [4.69, 9.17) is 0 Å². The molecule has 1 aromatic heterocycles. The molecular formula is C23H30N6O2. The molecule has 1 unspecified atom stereocenters. The van der Waals surface area contributed by atoms with Gasteiger partial charge in [-0.15, -0.1) is 0 Å². The van der Waals surface area contributed by atoms with Crippen LogP contribution in [0.1, 0.15) is 37.9 Å². The number of carbonyl (C=O) groups is 2. The summed E-state index contributed by atoms with van der Waals surface area (Å²) in [5.74, 6) is 1.34. The Labute approximate surface area is 183 Å². The van der Waals surface area contributed by atoms with Crippen molar-refractivity contribution in [1.29, 1.82) is 0 Å². The number of aryl methyl sites for hydroxylation is 1. The van der Waals surface area contributed by atoms with Crippen LogP contribution in [0.5, 0.6) is 0 Å². The number of nitrogens with zero attached hydrogens (tertiary/aromatic N) is 4. The molecule has 2 N–H and O–H groups in total. The van der Waals surface area contributed by atoms with Gasteiger partial charge in [0.15, 0.2) is 5.82 Å². The zero-order valence-electron chi connectivity index (χ0n) is 18.7. The number of hydrogen-bond acceptors (Lipinski definition) is 6. The van der Waals surface area contributed by atoms with Gasteiger partial charge in [-0.1, -0.05) is 44.2 Å². The average molecular weight is 423 g/mol. The van der Waals surface area contributed by atoms with Gasteiger partial charge in [-0.05, 0) is 25.3 Å². The first-order valence-electron chi connectivity index (χ1n) is 10.8. The Morgan fingerprint density at radius 1 is 1.16 bits per heavy atom. The molecule has 0 aliphatic carbocycles. The number of fused-ring (bicyclic) bond motifs is 1. The summed E-state index contributed by atoms with van der Waals surface area (Å²) in [5, 5.41) is 6.32. The number of amides is 2. The van der Waals surface area contributed by atoms with E-state index >= 15 is 0 Å². The van der Waals surface area contributed by atoms with Crippen molar-refractivity contribution in [3.63, 3.8) is 0 Å². The summed E-state index contributed by atoms with van der Waals surface area (Å²) in [4.78, 5) is 38.2. The highest BCUT2D eigenvalue weighted by molar-refractivity contribution is 6.03. The SMILES string of the molecule is Cc1nc(NC2CN(C(=O)C(C)c3ccccc3)C2)nc2c1NC(=O)[C@H](C(C)C)N2C. The second-order valence-corrected chi connectivity index (χ2v) is 8.84. The van der Waals surface area contributed by atoms with Gasteiger partial charge in [-0.25, -0.2) is 4.98 Å². The largest absolute Gasteiger partial charge is 0.348 e. The zero-order valence-corrected chi connectivity index (χ0v) is 18.7. The predicted octanol–water partition coefficient (Wildman–Crippen LogP) is 2.62. The molecule has 2 aromatic rings. The Kier molecular flexibility index (Phi) is 5.56. The third kappa shape index (κ3) is 3.94. The van der Waals surface area contributed by atoms with Crippen molar-refractivity contribution in [2.45, 2.75) is 45.7 Å². The lowest BCUT2D eigenvalue weighted by molar-refractivity contribution is -0.136. The summed E-state index contributed by atoms with van der Waals surface area (Å²) in [5.41, 5.74) is 2.42. The van der Waals surface area contributed by atoms with Gasteiger partial charge in [0.25, 0.3) is 0 Å². The molecule has 4 rings (SSSR count). The van der Waals surface area contributed by atoms with E-state index in [1.54, 1.807) is 0 Å².